The van der Waals surface area contributed by atoms with Crippen LogP contribution in [0.25, 0.3) is 0 Å². The Hall–Kier alpha value is -1.71. The van der Waals surface area contributed by atoms with E-state index in [2.05, 4.69) is 24.5 Å². The zero-order chi connectivity index (χ0) is 15.4. The molecule has 2 aromatic rings. The molecule has 0 heterocycles. The van der Waals surface area contributed by atoms with Crippen molar-refractivity contribution in [2.75, 3.05) is 10.6 Å². The van der Waals surface area contributed by atoms with Gasteiger partial charge in [-0.05, 0) is 56.3 Å². The van der Waals surface area contributed by atoms with Crippen molar-refractivity contribution >= 4 is 40.5 Å². The van der Waals surface area contributed by atoms with Crippen molar-refractivity contribution in [1.29, 1.82) is 0 Å². The van der Waals surface area contributed by atoms with Gasteiger partial charge in [0.1, 0.15) is 0 Å². The average Bonchev–Trinajstić information content (AvgIpc) is 2.43. The molecule has 0 aliphatic carbocycles. The number of anilines is 2. The summed E-state index contributed by atoms with van der Waals surface area (Å²) < 4.78 is 0. The van der Waals surface area contributed by atoms with Crippen molar-refractivity contribution < 1.29 is 4.79 Å². The molecule has 2 rings (SSSR count). The summed E-state index contributed by atoms with van der Waals surface area (Å²) in [5.74, 6) is -0.224. The largest absolute Gasteiger partial charge is 0.383 e. The van der Waals surface area contributed by atoms with Crippen LogP contribution in [0.4, 0.5) is 11.4 Å². The van der Waals surface area contributed by atoms with Gasteiger partial charge in [-0.15, -0.1) is 0 Å². The normalized spacial score (nSPS) is 10.5. The quantitative estimate of drug-likeness (QED) is 0.825. The fourth-order valence-electron chi connectivity index (χ4n) is 1.82. The molecule has 0 aliphatic rings. The van der Waals surface area contributed by atoms with E-state index < -0.39 is 0 Å². The third-order valence-electron chi connectivity index (χ3n) is 2.78. The molecule has 3 nitrogen and oxygen atoms in total. The summed E-state index contributed by atoms with van der Waals surface area (Å²) in [5.41, 5.74) is 2.20. The Kier molecular flexibility index (Phi) is 5.10. The molecule has 21 heavy (non-hydrogen) atoms. The lowest BCUT2D eigenvalue weighted by molar-refractivity contribution is 0.102. The summed E-state index contributed by atoms with van der Waals surface area (Å²) in [6.07, 6.45) is 0. The molecule has 0 unspecified atom stereocenters. The molecule has 110 valence electrons. The van der Waals surface area contributed by atoms with Gasteiger partial charge in [0.25, 0.3) is 5.91 Å². The lowest BCUT2D eigenvalue weighted by Crippen LogP contribution is -2.12. The fourth-order valence-corrected chi connectivity index (χ4v) is 2.12. The van der Waals surface area contributed by atoms with Gasteiger partial charge in [-0.1, -0.05) is 23.2 Å². The Morgan fingerprint density at radius 3 is 2.14 bits per heavy atom. The van der Waals surface area contributed by atoms with Gasteiger partial charge in [0.2, 0.25) is 0 Å². The molecule has 5 heteroatoms. The number of carbonyl (C=O) groups is 1. The van der Waals surface area contributed by atoms with Gasteiger partial charge in [-0.3, -0.25) is 4.79 Å². The zero-order valence-corrected chi connectivity index (χ0v) is 13.3. The van der Waals surface area contributed by atoms with E-state index in [0.717, 1.165) is 11.4 Å². The number of amides is 1. The number of benzene rings is 2. The molecule has 2 aromatic carbocycles. The summed E-state index contributed by atoms with van der Waals surface area (Å²) in [5, 5.41) is 6.89. The maximum Gasteiger partial charge on any atom is 0.255 e. The van der Waals surface area contributed by atoms with Crippen LogP contribution in [-0.2, 0) is 0 Å². The first-order valence-electron chi connectivity index (χ1n) is 6.58. The van der Waals surface area contributed by atoms with Gasteiger partial charge in [0.15, 0.2) is 0 Å². The van der Waals surface area contributed by atoms with Crippen LogP contribution in [0, 0.1) is 0 Å². The molecule has 0 aromatic heterocycles. The van der Waals surface area contributed by atoms with Crippen molar-refractivity contribution in [3.63, 3.8) is 0 Å². The SMILES string of the molecule is CC(C)Nc1ccc(NC(=O)c2ccc(Cl)c(Cl)c2)cc1. The number of halogens is 2. The molecule has 0 saturated heterocycles. The number of rotatable bonds is 4. The first-order valence-corrected chi connectivity index (χ1v) is 7.34. The molecule has 0 bridgehead atoms. The maximum atomic E-state index is 12.1. The number of carbonyl (C=O) groups excluding carboxylic acids is 1. The lowest BCUT2D eigenvalue weighted by Gasteiger charge is -2.11. The molecule has 0 atom stereocenters. The van der Waals surface area contributed by atoms with Gasteiger partial charge < -0.3 is 10.6 Å². The molecule has 0 radical (unpaired) electrons. The Labute approximate surface area is 134 Å². The molecule has 0 spiro atoms. The number of hydrogen-bond donors (Lipinski definition) is 2. The molecule has 1 amide bonds. The molecule has 0 saturated carbocycles. The molecule has 2 N–H and O–H groups in total. The summed E-state index contributed by atoms with van der Waals surface area (Å²) >= 11 is 11.7. The highest BCUT2D eigenvalue weighted by Crippen LogP contribution is 2.23. The standard InChI is InChI=1S/C16H16Cl2N2O/c1-10(2)19-12-4-6-13(7-5-12)20-16(21)11-3-8-14(17)15(18)9-11/h3-10,19H,1-2H3,(H,20,21). The molecular formula is C16H16Cl2N2O. The zero-order valence-electron chi connectivity index (χ0n) is 11.8. The third-order valence-corrected chi connectivity index (χ3v) is 3.52. The van der Waals surface area contributed by atoms with Crippen molar-refractivity contribution in [2.45, 2.75) is 19.9 Å². The van der Waals surface area contributed by atoms with Crippen LogP contribution in [0.5, 0.6) is 0 Å². The summed E-state index contributed by atoms with van der Waals surface area (Å²) in [6.45, 7) is 4.14. The summed E-state index contributed by atoms with van der Waals surface area (Å²) in [6, 6.07) is 12.7. The van der Waals surface area contributed by atoms with Crippen LogP contribution >= 0.6 is 23.2 Å². The predicted molar refractivity (Wildman–Crippen MR) is 89.6 cm³/mol. The number of hydrogen-bond acceptors (Lipinski definition) is 2. The second-order valence-electron chi connectivity index (χ2n) is 4.96. The number of nitrogens with one attached hydrogen (secondary N) is 2. The van der Waals surface area contributed by atoms with Crippen molar-refractivity contribution in [2.24, 2.45) is 0 Å². The van der Waals surface area contributed by atoms with Gasteiger partial charge >= 0.3 is 0 Å². The summed E-state index contributed by atoms with van der Waals surface area (Å²) in [4.78, 5) is 12.1. The van der Waals surface area contributed by atoms with E-state index in [-0.39, 0.29) is 5.91 Å². The Bertz CT molecular complexity index is 639. The van der Waals surface area contributed by atoms with Crippen molar-refractivity contribution in [3.8, 4) is 0 Å². The Morgan fingerprint density at radius 2 is 1.57 bits per heavy atom. The van der Waals surface area contributed by atoms with Gasteiger partial charge in [-0.25, -0.2) is 0 Å². The van der Waals surface area contributed by atoms with Crippen molar-refractivity contribution in [3.05, 3.63) is 58.1 Å². The molecule has 0 aliphatic heterocycles. The highest BCUT2D eigenvalue weighted by atomic mass is 35.5. The van der Waals surface area contributed by atoms with Crippen LogP contribution in [0.3, 0.4) is 0 Å². The van der Waals surface area contributed by atoms with Crippen LogP contribution in [0.2, 0.25) is 10.0 Å². The van der Waals surface area contributed by atoms with E-state index in [1.54, 1.807) is 18.2 Å². The maximum absolute atomic E-state index is 12.1. The average molecular weight is 323 g/mol. The molecular weight excluding hydrogens is 307 g/mol. The molecule has 0 fully saturated rings. The van der Waals surface area contributed by atoms with Gasteiger partial charge in [0, 0.05) is 23.0 Å². The first kappa shape index (κ1) is 15.7. The first-order chi connectivity index (χ1) is 9.95. The predicted octanol–water partition coefficient (Wildman–Crippen LogP) is 5.07. The highest BCUT2D eigenvalue weighted by molar-refractivity contribution is 6.42. The Balaban J connectivity index is 2.06. The third kappa shape index (κ3) is 4.38. The minimum absolute atomic E-state index is 0.224. The van der Waals surface area contributed by atoms with Gasteiger partial charge in [0.05, 0.1) is 10.0 Å². The van der Waals surface area contributed by atoms with Crippen LogP contribution < -0.4 is 10.6 Å². The second kappa shape index (κ2) is 6.83. The minimum Gasteiger partial charge on any atom is -0.383 e. The summed E-state index contributed by atoms with van der Waals surface area (Å²) in [7, 11) is 0. The van der Waals surface area contributed by atoms with Gasteiger partial charge in [-0.2, -0.15) is 0 Å². The lowest BCUT2D eigenvalue weighted by atomic mass is 10.2. The van der Waals surface area contributed by atoms with Crippen LogP contribution in [-0.4, -0.2) is 11.9 Å². The highest BCUT2D eigenvalue weighted by Gasteiger charge is 2.08. The van der Waals surface area contributed by atoms with Crippen LogP contribution in [0.1, 0.15) is 24.2 Å². The van der Waals surface area contributed by atoms with Crippen LogP contribution in [0.15, 0.2) is 42.5 Å². The Morgan fingerprint density at radius 1 is 0.952 bits per heavy atom. The van der Waals surface area contributed by atoms with E-state index in [1.165, 1.54) is 0 Å². The fraction of sp³-hybridized carbons (Fsp3) is 0.188. The monoisotopic (exact) mass is 322 g/mol. The van der Waals surface area contributed by atoms with Crippen molar-refractivity contribution in [1.82, 2.24) is 0 Å². The smallest absolute Gasteiger partial charge is 0.255 e. The minimum atomic E-state index is -0.224. The van der Waals surface area contributed by atoms with E-state index >= 15 is 0 Å². The van der Waals surface area contributed by atoms with E-state index in [0.29, 0.717) is 21.7 Å². The second-order valence-corrected chi connectivity index (χ2v) is 5.77. The topological polar surface area (TPSA) is 41.1 Å². The van der Waals surface area contributed by atoms with E-state index in [9.17, 15) is 4.79 Å². The van der Waals surface area contributed by atoms with E-state index in [4.69, 9.17) is 23.2 Å². The van der Waals surface area contributed by atoms with E-state index in [1.807, 2.05) is 24.3 Å².